The van der Waals surface area contributed by atoms with Crippen LogP contribution in [0.2, 0.25) is 0 Å². The third-order valence-electron chi connectivity index (χ3n) is 4.10. The van der Waals surface area contributed by atoms with Crippen molar-refractivity contribution in [3.8, 4) is 11.5 Å². The van der Waals surface area contributed by atoms with Crippen molar-refractivity contribution >= 4 is 0 Å². The molecule has 4 heteroatoms. The van der Waals surface area contributed by atoms with E-state index in [1.807, 2.05) is 24.3 Å². The van der Waals surface area contributed by atoms with E-state index < -0.39 is 0 Å². The molecule has 2 aromatic carbocycles. The average molecular weight is 331 g/mol. The van der Waals surface area contributed by atoms with Crippen LogP contribution >= 0.6 is 0 Å². The molecule has 0 radical (unpaired) electrons. The molecule has 0 aliphatic heterocycles. The summed E-state index contributed by atoms with van der Waals surface area (Å²) in [5, 5.41) is 0. The van der Waals surface area contributed by atoms with E-state index in [2.05, 4.69) is 6.92 Å². The Balaban J connectivity index is 2.15. The molecule has 0 aromatic heterocycles. The molecular weight excluding hydrogens is 305 g/mol. The molecule has 1 unspecified atom stereocenters. The van der Waals surface area contributed by atoms with Crippen LogP contribution in [0.5, 0.6) is 11.5 Å². The fourth-order valence-corrected chi connectivity index (χ4v) is 2.70. The van der Waals surface area contributed by atoms with Gasteiger partial charge in [0.15, 0.2) is 11.5 Å². The first-order chi connectivity index (χ1) is 11.7. The summed E-state index contributed by atoms with van der Waals surface area (Å²) in [5.41, 5.74) is 7.58. The van der Waals surface area contributed by atoms with Gasteiger partial charge >= 0.3 is 0 Å². The number of halogens is 1. The molecule has 0 spiro atoms. The number of unbranched alkanes of at least 4 members (excludes halogenated alkanes) is 1. The van der Waals surface area contributed by atoms with Crippen molar-refractivity contribution in [3.05, 3.63) is 59.4 Å². The molecule has 2 rings (SSSR count). The zero-order valence-electron chi connectivity index (χ0n) is 14.4. The van der Waals surface area contributed by atoms with Crippen molar-refractivity contribution in [2.24, 2.45) is 5.73 Å². The van der Waals surface area contributed by atoms with Gasteiger partial charge in [0.2, 0.25) is 0 Å². The van der Waals surface area contributed by atoms with Gasteiger partial charge in [-0.15, -0.1) is 0 Å². The Labute approximate surface area is 143 Å². The smallest absolute Gasteiger partial charge is 0.161 e. The lowest BCUT2D eigenvalue weighted by molar-refractivity contribution is 0.288. The molecule has 2 N–H and O–H groups in total. The summed E-state index contributed by atoms with van der Waals surface area (Å²) in [5.74, 6) is 1.17. The Hall–Kier alpha value is -2.07. The van der Waals surface area contributed by atoms with Crippen molar-refractivity contribution in [3.63, 3.8) is 0 Å². The van der Waals surface area contributed by atoms with Crippen LogP contribution in [0.1, 0.15) is 36.8 Å². The van der Waals surface area contributed by atoms with E-state index in [0.29, 0.717) is 30.9 Å². The van der Waals surface area contributed by atoms with Gasteiger partial charge in [0.05, 0.1) is 13.7 Å². The predicted octanol–water partition coefficient (Wildman–Crippen LogP) is 4.30. The van der Waals surface area contributed by atoms with Crippen molar-refractivity contribution in [2.45, 2.75) is 32.1 Å². The minimum absolute atomic E-state index is 0.0669. The van der Waals surface area contributed by atoms with E-state index in [9.17, 15) is 4.39 Å². The second kappa shape index (κ2) is 9.28. The number of methoxy groups -OCH3 is 1. The lowest BCUT2D eigenvalue weighted by Crippen LogP contribution is -2.16. The monoisotopic (exact) mass is 331 g/mol. The van der Waals surface area contributed by atoms with Gasteiger partial charge in [0, 0.05) is 5.92 Å². The second-order valence-corrected chi connectivity index (χ2v) is 5.85. The molecular formula is C20H26FNO2. The van der Waals surface area contributed by atoms with Crippen molar-refractivity contribution in [1.29, 1.82) is 0 Å². The van der Waals surface area contributed by atoms with E-state index in [4.69, 9.17) is 15.2 Å². The minimum atomic E-state index is -0.209. The van der Waals surface area contributed by atoms with Crippen LogP contribution < -0.4 is 15.2 Å². The summed E-state index contributed by atoms with van der Waals surface area (Å²) >= 11 is 0. The Morgan fingerprint density at radius 2 is 1.92 bits per heavy atom. The Kier molecular flexibility index (Phi) is 7.07. The standard InChI is InChI=1S/C20H26FNO2/c1-3-4-11-24-19-10-9-15(13-20(19)23-2)12-16(14-22)17-7-5-6-8-18(17)21/h5-10,13,16H,3-4,11-12,14,22H2,1-2H3. The first kappa shape index (κ1) is 18.3. The Morgan fingerprint density at radius 3 is 2.58 bits per heavy atom. The maximum atomic E-state index is 14.0. The number of rotatable bonds is 9. The largest absolute Gasteiger partial charge is 0.493 e. The molecule has 0 aliphatic carbocycles. The van der Waals surface area contributed by atoms with Crippen LogP contribution in [0.4, 0.5) is 4.39 Å². The highest BCUT2D eigenvalue weighted by atomic mass is 19.1. The third-order valence-corrected chi connectivity index (χ3v) is 4.10. The molecule has 2 aromatic rings. The van der Waals surface area contributed by atoms with E-state index in [1.54, 1.807) is 19.2 Å². The zero-order chi connectivity index (χ0) is 17.4. The van der Waals surface area contributed by atoms with Crippen LogP contribution in [0.25, 0.3) is 0 Å². The summed E-state index contributed by atoms with van der Waals surface area (Å²) < 4.78 is 25.2. The van der Waals surface area contributed by atoms with Crippen LogP contribution in [-0.2, 0) is 6.42 Å². The van der Waals surface area contributed by atoms with Crippen LogP contribution in [-0.4, -0.2) is 20.3 Å². The van der Waals surface area contributed by atoms with Gasteiger partial charge in [-0.25, -0.2) is 4.39 Å². The molecule has 24 heavy (non-hydrogen) atoms. The first-order valence-electron chi connectivity index (χ1n) is 8.43. The Bertz CT molecular complexity index is 645. The van der Waals surface area contributed by atoms with E-state index >= 15 is 0 Å². The quantitative estimate of drug-likeness (QED) is 0.697. The molecule has 0 fully saturated rings. The summed E-state index contributed by atoms with van der Waals surface area (Å²) in [6, 6.07) is 12.7. The van der Waals surface area contributed by atoms with Gasteiger partial charge in [-0.1, -0.05) is 37.6 Å². The molecule has 0 heterocycles. The van der Waals surface area contributed by atoms with E-state index in [-0.39, 0.29) is 11.7 Å². The van der Waals surface area contributed by atoms with E-state index in [1.165, 1.54) is 6.07 Å². The summed E-state index contributed by atoms with van der Waals surface area (Å²) in [6.45, 7) is 3.18. The maximum Gasteiger partial charge on any atom is 0.161 e. The van der Waals surface area contributed by atoms with Gasteiger partial charge in [-0.2, -0.15) is 0 Å². The van der Waals surface area contributed by atoms with E-state index in [0.717, 1.165) is 24.2 Å². The molecule has 1 atom stereocenters. The molecule has 3 nitrogen and oxygen atoms in total. The fourth-order valence-electron chi connectivity index (χ4n) is 2.70. The number of hydrogen-bond acceptors (Lipinski definition) is 3. The highest BCUT2D eigenvalue weighted by Gasteiger charge is 2.16. The number of hydrogen-bond donors (Lipinski definition) is 1. The lowest BCUT2D eigenvalue weighted by atomic mass is 9.91. The molecule has 0 saturated heterocycles. The summed E-state index contributed by atoms with van der Waals surface area (Å²) in [4.78, 5) is 0. The van der Waals surface area contributed by atoms with Crippen LogP contribution in [0.15, 0.2) is 42.5 Å². The van der Waals surface area contributed by atoms with Crippen molar-refractivity contribution < 1.29 is 13.9 Å². The van der Waals surface area contributed by atoms with Gasteiger partial charge in [-0.05, 0) is 48.7 Å². The van der Waals surface area contributed by atoms with Gasteiger partial charge in [-0.3, -0.25) is 0 Å². The number of ether oxygens (including phenoxy) is 2. The Morgan fingerprint density at radius 1 is 1.12 bits per heavy atom. The maximum absolute atomic E-state index is 14.0. The molecule has 0 bridgehead atoms. The minimum Gasteiger partial charge on any atom is -0.493 e. The molecule has 0 saturated carbocycles. The molecule has 0 amide bonds. The molecule has 0 aliphatic rings. The summed E-state index contributed by atoms with van der Waals surface area (Å²) in [7, 11) is 1.63. The number of benzene rings is 2. The lowest BCUT2D eigenvalue weighted by Gasteiger charge is -2.17. The fraction of sp³-hybridized carbons (Fsp3) is 0.400. The highest BCUT2D eigenvalue weighted by Crippen LogP contribution is 2.31. The van der Waals surface area contributed by atoms with Crippen molar-refractivity contribution in [2.75, 3.05) is 20.3 Å². The predicted molar refractivity (Wildman–Crippen MR) is 95.3 cm³/mol. The SMILES string of the molecule is CCCCOc1ccc(CC(CN)c2ccccc2F)cc1OC. The zero-order valence-corrected chi connectivity index (χ0v) is 14.4. The average Bonchev–Trinajstić information content (AvgIpc) is 2.61. The normalized spacial score (nSPS) is 12.0. The van der Waals surface area contributed by atoms with Gasteiger partial charge < -0.3 is 15.2 Å². The third kappa shape index (κ3) is 4.71. The van der Waals surface area contributed by atoms with Gasteiger partial charge in [0.1, 0.15) is 5.82 Å². The topological polar surface area (TPSA) is 44.5 Å². The first-order valence-corrected chi connectivity index (χ1v) is 8.43. The van der Waals surface area contributed by atoms with Crippen molar-refractivity contribution in [1.82, 2.24) is 0 Å². The number of nitrogens with two attached hydrogens (primary N) is 1. The second-order valence-electron chi connectivity index (χ2n) is 5.85. The van der Waals surface area contributed by atoms with Crippen LogP contribution in [0.3, 0.4) is 0 Å². The van der Waals surface area contributed by atoms with Gasteiger partial charge in [0.25, 0.3) is 0 Å². The summed E-state index contributed by atoms with van der Waals surface area (Å²) in [6.07, 6.45) is 2.75. The molecule has 130 valence electrons. The highest BCUT2D eigenvalue weighted by molar-refractivity contribution is 5.43. The van der Waals surface area contributed by atoms with Crippen LogP contribution in [0, 0.1) is 5.82 Å².